The van der Waals surface area contributed by atoms with Crippen molar-refractivity contribution in [2.24, 2.45) is 5.92 Å². The van der Waals surface area contributed by atoms with E-state index in [2.05, 4.69) is 24.1 Å². The summed E-state index contributed by atoms with van der Waals surface area (Å²) in [6, 6.07) is 1.61. The molecule has 0 aromatic rings. The maximum atomic E-state index is 3.51. The summed E-state index contributed by atoms with van der Waals surface area (Å²) >= 11 is 0. The van der Waals surface area contributed by atoms with E-state index in [1.165, 1.54) is 71.0 Å². The number of unbranched alkanes of at least 4 members (excludes halogenated alkanes) is 2. The van der Waals surface area contributed by atoms with Gasteiger partial charge in [-0.05, 0) is 57.7 Å². The van der Waals surface area contributed by atoms with Crippen LogP contribution in [0.2, 0.25) is 0 Å². The van der Waals surface area contributed by atoms with E-state index in [1.54, 1.807) is 0 Å². The van der Waals surface area contributed by atoms with Crippen molar-refractivity contribution in [3.05, 3.63) is 0 Å². The predicted molar refractivity (Wildman–Crippen MR) is 78.9 cm³/mol. The van der Waals surface area contributed by atoms with Crippen LogP contribution in [-0.2, 0) is 0 Å². The highest BCUT2D eigenvalue weighted by atomic mass is 15.2. The quantitative estimate of drug-likeness (QED) is 0.698. The molecule has 2 atom stereocenters. The normalized spacial score (nSPS) is 28.8. The van der Waals surface area contributed by atoms with Crippen molar-refractivity contribution in [1.29, 1.82) is 0 Å². The molecule has 2 fully saturated rings. The topological polar surface area (TPSA) is 15.3 Å². The summed E-state index contributed by atoms with van der Waals surface area (Å²) in [7, 11) is 0. The standard InChI is InChI=1S/C16H32N2/c1-14(2)17-11-6-3-7-12-18-13-10-15-8-4-5-9-16(15)18/h14-17H,3-13H2,1-2H3. The zero-order chi connectivity index (χ0) is 12.8. The van der Waals surface area contributed by atoms with Crippen molar-refractivity contribution in [3.8, 4) is 0 Å². The minimum Gasteiger partial charge on any atom is -0.315 e. The number of nitrogens with one attached hydrogen (secondary N) is 1. The molecular weight excluding hydrogens is 220 g/mol. The number of fused-ring (bicyclic) bond motifs is 1. The van der Waals surface area contributed by atoms with E-state index in [1.807, 2.05) is 0 Å². The number of rotatable bonds is 7. The minimum absolute atomic E-state index is 0.645. The second-order valence-corrected chi connectivity index (χ2v) is 6.61. The van der Waals surface area contributed by atoms with Gasteiger partial charge < -0.3 is 10.2 Å². The molecule has 0 aromatic heterocycles. The Morgan fingerprint density at radius 3 is 2.72 bits per heavy atom. The summed E-state index contributed by atoms with van der Waals surface area (Å²) in [6.45, 7) is 8.41. The van der Waals surface area contributed by atoms with Crippen LogP contribution in [0, 0.1) is 5.92 Å². The lowest BCUT2D eigenvalue weighted by atomic mass is 9.85. The molecule has 18 heavy (non-hydrogen) atoms. The minimum atomic E-state index is 0.645. The number of hydrogen-bond acceptors (Lipinski definition) is 2. The van der Waals surface area contributed by atoms with Crippen LogP contribution in [0.25, 0.3) is 0 Å². The first-order chi connectivity index (χ1) is 8.77. The van der Waals surface area contributed by atoms with Crippen LogP contribution in [-0.4, -0.2) is 36.6 Å². The largest absolute Gasteiger partial charge is 0.315 e. The van der Waals surface area contributed by atoms with Crippen molar-refractivity contribution in [1.82, 2.24) is 10.2 Å². The molecule has 0 radical (unpaired) electrons. The van der Waals surface area contributed by atoms with Crippen molar-refractivity contribution < 1.29 is 0 Å². The number of likely N-dealkylation sites (tertiary alicyclic amines) is 1. The highest BCUT2D eigenvalue weighted by molar-refractivity contribution is 4.89. The molecule has 2 aliphatic rings. The molecule has 2 heteroatoms. The fraction of sp³-hybridized carbons (Fsp3) is 1.00. The molecule has 1 saturated carbocycles. The summed E-state index contributed by atoms with van der Waals surface area (Å²) in [5.41, 5.74) is 0. The molecule has 0 spiro atoms. The van der Waals surface area contributed by atoms with Gasteiger partial charge in [0, 0.05) is 12.1 Å². The average molecular weight is 252 g/mol. The molecule has 106 valence electrons. The van der Waals surface area contributed by atoms with Gasteiger partial charge in [0.1, 0.15) is 0 Å². The summed E-state index contributed by atoms with van der Waals surface area (Å²) in [5, 5.41) is 3.51. The first kappa shape index (κ1) is 14.3. The fourth-order valence-electron chi connectivity index (χ4n) is 3.79. The molecule has 2 nitrogen and oxygen atoms in total. The van der Waals surface area contributed by atoms with Crippen molar-refractivity contribution in [2.45, 2.75) is 77.3 Å². The van der Waals surface area contributed by atoms with E-state index in [0.29, 0.717) is 6.04 Å². The summed E-state index contributed by atoms with van der Waals surface area (Å²) in [4.78, 5) is 2.81. The van der Waals surface area contributed by atoms with Crippen molar-refractivity contribution in [3.63, 3.8) is 0 Å². The van der Waals surface area contributed by atoms with Crippen LogP contribution in [0.15, 0.2) is 0 Å². The van der Waals surface area contributed by atoms with E-state index in [9.17, 15) is 0 Å². The molecule has 2 unspecified atom stereocenters. The molecule has 0 amide bonds. The van der Waals surface area contributed by atoms with E-state index >= 15 is 0 Å². The zero-order valence-corrected chi connectivity index (χ0v) is 12.5. The van der Waals surface area contributed by atoms with Crippen LogP contribution < -0.4 is 5.32 Å². The van der Waals surface area contributed by atoms with Gasteiger partial charge in [-0.3, -0.25) is 0 Å². The molecule has 1 N–H and O–H groups in total. The Morgan fingerprint density at radius 2 is 1.89 bits per heavy atom. The average Bonchev–Trinajstić information content (AvgIpc) is 2.77. The second kappa shape index (κ2) is 7.49. The Balaban J connectivity index is 1.54. The smallest absolute Gasteiger partial charge is 0.0124 e. The van der Waals surface area contributed by atoms with E-state index in [-0.39, 0.29) is 0 Å². The van der Waals surface area contributed by atoms with Crippen LogP contribution in [0.3, 0.4) is 0 Å². The number of hydrogen-bond donors (Lipinski definition) is 1. The first-order valence-electron chi connectivity index (χ1n) is 8.25. The lowest BCUT2D eigenvalue weighted by Crippen LogP contribution is -2.35. The van der Waals surface area contributed by atoms with E-state index in [0.717, 1.165) is 12.0 Å². The van der Waals surface area contributed by atoms with Gasteiger partial charge in [0.2, 0.25) is 0 Å². The molecular formula is C16H32N2. The van der Waals surface area contributed by atoms with Crippen LogP contribution in [0.5, 0.6) is 0 Å². The van der Waals surface area contributed by atoms with Gasteiger partial charge in [-0.15, -0.1) is 0 Å². The van der Waals surface area contributed by atoms with Crippen LogP contribution >= 0.6 is 0 Å². The van der Waals surface area contributed by atoms with Gasteiger partial charge in [0.25, 0.3) is 0 Å². The molecule has 2 rings (SSSR count). The third kappa shape index (κ3) is 4.24. The summed E-state index contributed by atoms with van der Waals surface area (Å²) < 4.78 is 0. The molecule has 0 bridgehead atoms. The highest BCUT2D eigenvalue weighted by Gasteiger charge is 2.34. The Labute approximate surface area is 114 Å². The van der Waals surface area contributed by atoms with E-state index in [4.69, 9.17) is 0 Å². The third-order valence-corrected chi connectivity index (χ3v) is 4.80. The molecule has 1 saturated heterocycles. The monoisotopic (exact) mass is 252 g/mol. The molecule has 1 heterocycles. The van der Waals surface area contributed by atoms with E-state index < -0.39 is 0 Å². The number of nitrogens with zero attached hydrogens (tertiary/aromatic N) is 1. The van der Waals surface area contributed by atoms with Gasteiger partial charge in [0.05, 0.1) is 0 Å². The highest BCUT2D eigenvalue weighted by Crippen LogP contribution is 2.36. The Morgan fingerprint density at radius 1 is 1.06 bits per heavy atom. The maximum absolute atomic E-state index is 3.51. The van der Waals surface area contributed by atoms with Gasteiger partial charge in [0.15, 0.2) is 0 Å². The lowest BCUT2D eigenvalue weighted by molar-refractivity contribution is 0.179. The fourth-order valence-corrected chi connectivity index (χ4v) is 3.79. The Hall–Kier alpha value is -0.0800. The summed E-state index contributed by atoms with van der Waals surface area (Å²) in [6.07, 6.45) is 11.6. The van der Waals surface area contributed by atoms with Gasteiger partial charge in [-0.2, -0.15) is 0 Å². The summed E-state index contributed by atoms with van der Waals surface area (Å²) in [5.74, 6) is 1.06. The Kier molecular flexibility index (Phi) is 5.97. The Bertz CT molecular complexity index is 227. The molecule has 0 aromatic carbocycles. The van der Waals surface area contributed by atoms with Crippen molar-refractivity contribution >= 4 is 0 Å². The first-order valence-corrected chi connectivity index (χ1v) is 8.25. The molecule has 1 aliphatic carbocycles. The zero-order valence-electron chi connectivity index (χ0n) is 12.5. The predicted octanol–water partition coefficient (Wildman–Crippen LogP) is 3.42. The lowest BCUT2D eigenvalue weighted by Gasteiger charge is -2.31. The third-order valence-electron chi connectivity index (χ3n) is 4.80. The van der Waals surface area contributed by atoms with Crippen LogP contribution in [0.1, 0.15) is 65.2 Å². The van der Waals surface area contributed by atoms with Gasteiger partial charge in [-0.25, -0.2) is 0 Å². The van der Waals surface area contributed by atoms with Crippen LogP contribution in [0.4, 0.5) is 0 Å². The van der Waals surface area contributed by atoms with Gasteiger partial charge in [-0.1, -0.05) is 33.1 Å². The van der Waals surface area contributed by atoms with Crippen molar-refractivity contribution in [2.75, 3.05) is 19.6 Å². The second-order valence-electron chi connectivity index (χ2n) is 6.61. The molecule has 1 aliphatic heterocycles. The SMILES string of the molecule is CC(C)NCCCCCN1CCC2CCCCC21. The van der Waals surface area contributed by atoms with Gasteiger partial charge >= 0.3 is 0 Å². The maximum Gasteiger partial charge on any atom is 0.0124 e.